The van der Waals surface area contributed by atoms with Gasteiger partial charge >= 0.3 is 11.9 Å². The van der Waals surface area contributed by atoms with E-state index in [1.165, 1.54) is 12.1 Å². The van der Waals surface area contributed by atoms with Crippen LogP contribution in [-0.4, -0.2) is 47.5 Å². The first-order valence-electron chi connectivity index (χ1n) is 12.4. The number of carboxylic acid groups (broad SMARTS) is 1. The number of methoxy groups -OCH3 is 1. The van der Waals surface area contributed by atoms with Crippen molar-refractivity contribution in [2.24, 2.45) is 0 Å². The normalized spacial score (nSPS) is 12.2. The lowest BCUT2D eigenvalue weighted by Gasteiger charge is -2.19. The van der Waals surface area contributed by atoms with Crippen molar-refractivity contribution in [3.05, 3.63) is 94.1 Å². The van der Waals surface area contributed by atoms with E-state index in [1.54, 1.807) is 44.4 Å². The Balaban J connectivity index is 1.37. The van der Waals surface area contributed by atoms with Crippen LogP contribution in [0.3, 0.4) is 0 Å². The Kier molecular flexibility index (Phi) is 8.48. The Morgan fingerprint density at radius 2 is 1.70 bits per heavy atom. The van der Waals surface area contributed by atoms with Gasteiger partial charge in [0.1, 0.15) is 17.2 Å². The van der Waals surface area contributed by atoms with Gasteiger partial charge in [0.05, 0.1) is 19.3 Å². The Bertz CT molecular complexity index is 1510. The quantitative estimate of drug-likeness (QED) is 0.300. The second-order valence-corrected chi connectivity index (χ2v) is 9.22. The molecule has 0 aromatic heterocycles. The third-order valence-corrected chi connectivity index (χ3v) is 6.40. The number of aliphatic carboxylic acids is 1. The van der Waals surface area contributed by atoms with Gasteiger partial charge in [0.15, 0.2) is 5.78 Å². The average Bonchev–Trinajstić information content (AvgIpc) is 2.92. The molecule has 1 aliphatic carbocycles. The molecule has 0 unspecified atom stereocenters. The van der Waals surface area contributed by atoms with Gasteiger partial charge < -0.3 is 30.3 Å². The molecule has 2 amide bonds. The molecular weight excluding hydrogens is 516 g/mol. The summed E-state index contributed by atoms with van der Waals surface area (Å²) in [5.74, 6) is -2.67. The molecule has 3 aromatic rings. The Morgan fingerprint density at radius 3 is 2.38 bits per heavy atom. The minimum atomic E-state index is -1.57. The van der Waals surface area contributed by atoms with Crippen molar-refractivity contribution in [3.63, 3.8) is 0 Å². The fraction of sp³-hybridized carbons (Fsp3) is 0.200. The zero-order valence-corrected chi connectivity index (χ0v) is 21.9. The van der Waals surface area contributed by atoms with Crippen molar-refractivity contribution in [1.29, 1.82) is 0 Å². The highest BCUT2D eigenvalue weighted by molar-refractivity contribution is 6.36. The zero-order valence-electron chi connectivity index (χ0n) is 21.9. The Hall–Kier alpha value is -5.12. The van der Waals surface area contributed by atoms with Crippen LogP contribution in [0.15, 0.2) is 66.2 Å². The maximum absolute atomic E-state index is 12.8. The molecule has 0 atom stereocenters. The van der Waals surface area contributed by atoms with Crippen molar-refractivity contribution in [3.8, 4) is 17.2 Å². The first-order chi connectivity index (χ1) is 19.1. The van der Waals surface area contributed by atoms with E-state index < -0.39 is 17.7 Å². The molecule has 0 spiro atoms. The molecule has 0 fully saturated rings. The fourth-order valence-corrected chi connectivity index (χ4v) is 4.32. The predicted octanol–water partition coefficient (Wildman–Crippen LogP) is 3.34. The number of phenolic OH excluding ortho intramolecular Hbond substituents is 1. The number of nitrogens with one attached hydrogen (secondary N) is 2. The summed E-state index contributed by atoms with van der Waals surface area (Å²) in [4.78, 5) is 47.6. The summed E-state index contributed by atoms with van der Waals surface area (Å²) in [6.45, 7) is 2.28. The van der Waals surface area contributed by atoms with Crippen molar-refractivity contribution >= 4 is 29.3 Å². The molecule has 40 heavy (non-hydrogen) atoms. The number of fused-ring (bicyclic) bond motifs is 1. The summed E-state index contributed by atoms with van der Waals surface area (Å²) in [5, 5.41) is 24.4. The Labute approximate surface area is 230 Å². The monoisotopic (exact) mass is 544 g/mol. The standard InChI is InChI=1S/C30H28N2O8/c1-17-11-18(5-8-24(17)32-29(36)30(37)38)9-10-40-23-13-20-12-21(14-25(33)27(20)26(34)15-23)28(35)31-16-19-3-6-22(39-2)7-4-19/h3-8,11,13-15,34H,9-10,12,16H2,1-2H3,(H,31,35)(H,32,36)(H,37,38). The second kappa shape index (κ2) is 12.2. The number of anilines is 1. The maximum atomic E-state index is 12.8. The molecule has 1 aliphatic rings. The van der Waals surface area contributed by atoms with Crippen molar-refractivity contribution in [2.75, 3.05) is 19.0 Å². The van der Waals surface area contributed by atoms with Gasteiger partial charge in [-0.15, -0.1) is 0 Å². The number of aromatic hydroxyl groups is 1. The summed E-state index contributed by atoms with van der Waals surface area (Å²) < 4.78 is 11.0. The zero-order chi connectivity index (χ0) is 28.8. The van der Waals surface area contributed by atoms with Gasteiger partial charge in [0, 0.05) is 36.7 Å². The van der Waals surface area contributed by atoms with E-state index in [1.807, 2.05) is 18.2 Å². The molecule has 0 bridgehead atoms. The minimum absolute atomic E-state index is 0.147. The second-order valence-electron chi connectivity index (χ2n) is 9.22. The molecule has 3 aromatic carbocycles. The number of phenols is 1. The number of carboxylic acids is 1. The van der Waals surface area contributed by atoms with E-state index in [0.717, 1.165) is 11.1 Å². The molecule has 0 saturated carbocycles. The van der Waals surface area contributed by atoms with Crippen LogP contribution >= 0.6 is 0 Å². The third-order valence-electron chi connectivity index (χ3n) is 6.40. The highest BCUT2D eigenvalue weighted by Crippen LogP contribution is 2.33. The number of hydrogen-bond donors (Lipinski definition) is 4. The van der Waals surface area contributed by atoms with E-state index in [-0.39, 0.29) is 42.4 Å². The smallest absolute Gasteiger partial charge is 0.394 e. The highest BCUT2D eigenvalue weighted by Gasteiger charge is 2.25. The number of rotatable bonds is 9. The van der Waals surface area contributed by atoms with Crippen LogP contribution in [0, 0.1) is 6.92 Å². The van der Waals surface area contributed by atoms with Crippen LogP contribution in [-0.2, 0) is 33.8 Å². The number of benzene rings is 3. The molecule has 0 aliphatic heterocycles. The molecule has 10 nitrogen and oxygen atoms in total. The van der Waals surface area contributed by atoms with Crippen molar-refractivity contribution in [2.45, 2.75) is 26.3 Å². The minimum Gasteiger partial charge on any atom is -0.507 e. The molecule has 4 N–H and O–H groups in total. The molecule has 0 radical (unpaired) electrons. The van der Waals surface area contributed by atoms with Crippen LogP contribution in [0.1, 0.15) is 32.6 Å². The number of ketones is 1. The van der Waals surface area contributed by atoms with Gasteiger partial charge in [-0.3, -0.25) is 14.4 Å². The number of amides is 2. The largest absolute Gasteiger partial charge is 0.507 e. The van der Waals surface area contributed by atoms with Gasteiger partial charge in [-0.25, -0.2) is 4.79 Å². The van der Waals surface area contributed by atoms with Crippen LogP contribution in [0.25, 0.3) is 0 Å². The van der Waals surface area contributed by atoms with Gasteiger partial charge in [-0.05, 0) is 59.5 Å². The van der Waals surface area contributed by atoms with Crippen LogP contribution in [0.5, 0.6) is 17.2 Å². The van der Waals surface area contributed by atoms with Crippen LogP contribution in [0.4, 0.5) is 5.69 Å². The number of aryl methyl sites for hydroxylation is 1. The average molecular weight is 545 g/mol. The summed E-state index contributed by atoms with van der Waals surface area (Å²) in [6.07, 6.45) is 1.89. The first-order valence-corrected chi connectivity index (χ1v) is 12.4. The third kappa shape index (κ3) is 6.65. The summed E-state index contributed by atoms with van der Waals surface area (Å²) in [7, 11) is 1.57. The van der Waals surface area contributed by atoms with Gasteiger partial charge in [0.25, 0.3) is 0 Å². The van der Waals surface area contributed by atoms with E-state index >= 15 is 0 Å². The van der Waals surface area contributed by atoms with Crippen molar-refractivity contribution < 1.29 is 38.9 Å². The molecule has 10 heteroatoms. The SMILES string of the molecule is COc1ccc(CNC(=O)C2=CC(=O)c3c(O)cc(OCCc4ccc(NC(=O)C(=O)O)c(C)c4)cc3C2)cc1. The summed E-state index contributed by atoms with van der Waals surface area (Å²) in [5.41, 5.74) is 3.79. The Morgan fingerprint density at radius 1 is 0.975 bits per heavy atom. The molecule has 0 heterocycles. The molecule has 206 valence electrons. The van der Waals surface area contributed by atoms with Crippen LogP contribution < -0.4 is 20.1 Å². The number of allylic oxidation sites excluding steroid dienone is 1. The van der Waals surface area contributed by atoms with Gasteiger partial charge in [-0.1, -0.05) is 24.3 Å². The summed E-state index contributed by atoms with van der Waals surface area (Å²) in [6, 6.07) is 15.5. The fourth-order valence-electron chi connectivity index (χ4n) is 4.32. The highest BCUT2D eigenvalue weighted by atomic mass is 16.5. The van der Waals surface area contributed by atoms with E-state index in [4.69, 9.17) is 14.6 Å². The topological polar surface area (TPSA) is 151 Å². The van der Waals surface area contributed by atoms with Crippen molar-refractivity contribution in [1.82, 2.24) is 5.32 Å². The van der Waals surface area contributed by atoms with E-state index in [9.17, 15) is 24.3 Å². The lowest BCUT2D eigenvalue weighted by Crippen LogP contribution is -2.28. The number of hydrogen-bond acceptors (Lipinski definition) is 7. The predicted molar refractivity (Wildman–Crippen MR) is 146 cm³/mol. The number of carbonyl (C=O) groups excluding carboxylic acids is 3. The van der Waals surface area contributed by atoms with E-state index in [0.29, 0.717) is 34.7 Å². The van der Waals surface area contributed by atoms with E-state index in [2.05, 4.69) is 10.6 Å². The molecular formula is C30H28N2O8. The number of ether oxygens (including phenoxy) is 2. The van der Waals surface area contributed by atoms with Gasteiger partial charge in [0.2, 0.25) is 5.91 Å². The summed E-state index contributed by atoms with van der Waals surface area (Å²) >= 11 is 0. The number of carbonyl (C=O) groups is 4. The lowest BCUT2D eigenvalue weighted by atomic mass is 9.89. The molecule has 4 rings (SSSR count). The lowest BCUT2D eigenvalue weighted by molar-refractivity contribution is -0.147. The first kappa shape index (κ1) is 27.9. The maximum Gasteiger partial charge on any atom is 0.394 e. The van der Waals surface area contributed by atoms with Gasteiger partial charge in [-0.2, -0.15) is 0 Å². The van der Waals surface area contributed by atoms with Crippen LogP contribution in [0.2, 0.25) is 0 Å². The molecule has 0 saturated heterocycles.